The van der Waals surface area contributed by atoms with Gasteiger partial charge in [-0.2, -0.15) is 0 Å². The molecule has 0 aliphatic rings. The molecule has 0 saturated heterocycles. The van der Waals surface area contributed by atoms with Crippen molar-refractivity contribution in [2.45, 2.75) is 83.3 Å². The lowest BCUT2D eigenvalue weighted by atomic mass is 10.0. The van der Waals surface area contributed by atoms with Crippen LogP contribution >= 0.6 is 0 Å². The molecule has 0 rings (SSSR count). The number of rotatable bonds is 13. The molecule has 0 aromatic rings. The average molecular weight is 273 g/mol. The normalized spacial score (nSPS) is 14.8. The fourth-order valence-corrected chi connectivity index (χ4v) is 2.39. The van der Waals surface area contributed by atoms with Gasteiger partial charge in [0, 0.05) is 6.04 Å². The lowest BCUT2D eigenvalue weighted by Crippen LogP contribution is -2.34. The van der Waals surface area contributed by atoms with E-state index >= 15 is 0 Å². The number of unbranched alkanes of at least 4 members (excludes halogenated alkanes) is 7. The summed E-state index contributed by atoms with van der Waals surface area (Å²) < 4.78 is 0. The Morgan fingerprint density at radius 1 is 0.895 bits per heavy atom. The number of hydrogen-bond donors (Lipinski definition) is 2. The van der Waals surface area contributed by atoms with Gasteiger partial charge in [-0.15, -0.1) is 0 Å². The van der Waals surface area contributed by atoms with Crippen LogP contribution in [0.15, 0.2) is 0 Å². The largest absolute Gasteiger partial charge is 0.395 e. The van der Waals surface area contributed by atoms with E-state index in [2.05, 4.69) is 6.92 Å². The quantitative estimate of drug-likeness (QED) is 0.507. The molecule has 0 aromatic heterocycles. The molecule has 0 fully saturated rings. The van der Waals surface area contributed by atoms with Gasteiger partial charge >= 0.3 is 0 Å². The third kappa shape index (κ3) is 11.4. The molecule has 0 radical (unpaired) electrons. The van der Waals surface area contributed by atoms with Gasteiger partial charge in [-0.3, -0.25) is 0 Å². The van der Waals surface area contributed by atoms with E-state index in [0.29, 0.717) is 6.42 Å². The fraction of sp³-hybridized carbons (Fsp3) is 1.00. The van der Waals surface area contributed by atoms with Crippen LogP contribution in [-0.4, -0.2) is 48.0 Å². The Balaban J connectivity index is 3.40. The van der Waals surface area contributed by atoms with E-state index in [4.69, 9.17) is 0 Å². The van der Waals surface area contributed by atoms with E-state index in [-0.39, 0.29) is 18.8 Å². The SMILES string of the molecule is CCCCCCCCCCC(O)CC(CO)N(C)C. The van der Waals surface area contributed by atoms with Crippen molar-refractivity contribution in [1.82, 2.24) is 4.90 Å². The second-order valence-electron chi connectivity index (χ2n) is 5.95. The summed E-state index contributed by atoms with van der Waals surface area (Å²) in [6.45, 7) is 2.37. The fourth-order valence-electron chi connectivity index (χ4n) is 2.39. The summed E-state index contributed by atoms with van der Waals surface area (Å²) in [5.74, 6) is 0. The first kappa shape index (κ1) is 18.9. The average Bonchev–Trinajstić information content (AvgIpc) is 2.38. The van der Waals surface area contributed by atoms with Crippen LogP contribution in [0.1, 0.15) is 71.1 Å². The van der Waals surface area contributed by atoms with Crippen molar-refractivity contribution in [3.63, 3.8) is 0 Å². The lowest BCUT2D eigenvalue weighted by Gasteiger charge is -2.24. The molecule has 2 atom stereocenters. The van der Waals surface area contributed by atoms with Crippen LogP contribution in [0.2, 0.25) is 0 Å². The highest BCUT2D eigenvalue weighted by atomic mass is 16.3. The van der Waals surface area contributed by atoms with Crippen LogP contribution < -0.4 is 0 Å². The molecule has 0 amide bonds. The first-order valence-corrected chi connectivity index (χ1v) is 8.07. The van der Waals surface area contributed by atoms with Gasteiger partial charge in [0.05, 0.1) is 12.7 Å². The minimum absolute atomic E-state index is 0.0871. The number of likely N-dealkylation sites (N-methyl/N-ethyl adjacent to an activating group) is 1. The lowest BCUT2D eigenvalue weighted by molar-refractivity contribution is 0.0843. The summed E-state index contributed by atoms with van der Waals surface area (Å²) in [6.07, 6.45) is 11.7. The molecule has 19 heavy (non-hydrogen) atoms. The maximum absolute atomic E-state index is 9.93. The molecule has 3 heteroatoms. The van der Waals surface area contributed by atoms with E-state index in [1.807, 2.05) is 19.0 Å². The van der Waals surface area contributed by atoms with Crippen molar-refractivity contribution >= 4 is 0 Å². The maximum Gasteiger partial charge on any atom is 0.0587 e. The summed E-state index contributed by atoms with van der Waals surface area (Å²) in [6, 6.07) is 0.0871. The Labute approximate surface area is 120 Å². The van der Waals surface area contributed by atoms with Gasteiger partial charge in [-0.1, -0.05) is 58.3 Å². The van der Waals surface area contributed by atoms with Gasteiger partial charge in [-0.25, -0.2) is 0 Å². The van der Waals surface area contributed by atoms with Crippen molar-refractivity contribution in [1.29, 1.82) is 0 Å². The first-order chi connectivity index (χ1) is 9.11. The van der Waals surface area contributed by atoms with E-state index in [9.17, 15) is 10.2 Å². The number of aliphatic hydroxyl groups is 2. The smallest absolute Gasteiger partial charge is 0.0587 e. The van der Waals surface area contributed by atoms with Crippen molar-refractivity contribution < 1.29 is 10.2 Å². The van der Waals surface area contributed by atoms with Gasteiger partial charge in [0.2, 0.25) is 0 Å². The highest BCUT2D eigenvalue weighted by Crippen LogP contribution is 2.13. The standard InChI is InChI=1S/C16H35NO2/c1-4-5-6-7-8-9-10-11-12-16(19)13-15(14-18)17(2)3/h15-16,18-19H,4-14H2,1-3H3. The van der Waals surface area contributed by atoms with E-state index in [0.717, 1.165) is 12.8 Å². The molecule has 0 bridgehead atoms. The predicted molar refractivity (Wildman–Crippen MR) is 82.4 cm³/mol. The van der Waals surface area contributed by atoms with Crippen LogP contribution in [0.3, 0.4) is 0 Å². The van der Waals surface area contributed by atoms with E-state index < -0.39 is 0 Å². The Hall–Kier alpha value is -0.120. The van der Waals surface area contributed by atoms with Crippen molar-refractivity contribution in [2.24, 2.45) is 0 Å². The molecule has 0 aliphatic carbocycles. The summed E-state index contributed by atoms with van der Waals surface area (Å²) >= 11 is 0. The highest BCUT2D eigenvalue weighted by Gasteiger charge is 2.15. The predicted octanol–water partition coefficient (Wildman–Crippen LogP) is 3.19. The van der Waals surface area contributed by atoms with Gasteiger partial charge in [0.25, 0.3) is 0 Å². The molecule has 0 saturated carbocycles. The van der Waals surface area contributed by atoms with Gasteiger partial charge in [-0.05, 0) is 26.9 Å². The Bertz CT molecular complexity index is 186. The zero-order valence-corrected chi connectivity index (χ0v) is 13.3. The number of hydrogen-bond acceptors (Lipinski definition) is 3. The van der Waals surface area contributed by atoms with Gasteiger partial charge < -0.3 is 15.1 Å². The van der Waals surface area contributed by atoms with Crippen molar-refractivity contribution in [2.75, 3.05) is 20.7 Å². The van der Waals surface area contributed by atoms with E-state index in [1.54, 1.807) is 0 Å². The second kappa shape index (κ2) is 12.9. The molecule has 0 aromatic carbocycles. The molecule has 0 heterocycles. The zero-order chi connectivity index (χ0) is 14.5. The number of aliphatic hydroxyl groups excluding tert-OH is 2. The molecule has 2 N–H and O–H groups in total. The molecule has 0 aliphatic heterocycles. The highest BCUT2D eigenvalue weighted by molar-refractivity contribution is 4.70. The molecule has 116 valence electrons. The Morgan fingerprint density at radius 3 is 1.89 bits per heavy atom. The minimum atomic E-state index is -0.264. The molecular weight excluding hydrogens is 238 g/mol. The Kier molecular flexibility index (Phi) is 12.8. The zero-order valence-electron chi connectivity index (χ0n) is 13.3. The Morgan fingerprint density at radius 2 is 1.42 bits per heavy atom. The van der Waals surface area contributed by atoms with Gasteiger partial charge in [0.15, 0.2) is 0 Å². The number of nitrogens with zero attached hydrogens (tertiary/aromatic N) is 1. The summed E-state index contributed by atoms with van der Waals surface area (Å²) in [7, 11) is 3.90. The minimum Gasteiger partial charge on any atom is -0.395 e. The molecule has 3 nitrogen and oxygen atoms in total. The first-order valence-electron chi connectivity index (χ1n) is 8.07. The van der Waals surface area contributed by atoms with E-state index in [1.165, 1.54) is 44.9 Å². The molecule has 0 spiro atoms. The van der Waals surface area contributed by atoms with Crippen LogP contribution in [0.4, 0.5) is 0 Å². The monoisotopic (exact) mass is 273 g/mol. The third-order valence-corrected chi connectivity index (χ3v) is 3.88. The molecular formula is C16H35NO2. The summed E-state index contributed by atoms with van der Waals surface area (Å²) in [5, 5.41) is 19.1. The van der Waals surface area contributed by atoms with Crippen LogP contribution in [0.25, 0.3) is 0 Å². The second-order valence-corrected chi connectivity index (χ2v) is 5.95. The van der Waals surface area contributed by atoms with Gasteiger partial charge in [0.1, 0.15) is 0 Å². The summed E-state index contributed by atoms with van der Waals surface area (Å²) in [5.41, 5.74) is 0. The summed E-state index contributed by atoms with van der Waals surface area (Å²) in [4.78, 5) is 1.98. The van der Waals surface area contributed by atoms with Crippen LogP contribution in [0.5, 0.6) is 0 Å². The topological polar surface area (TPSA) is 43.7 Å². The van der Waals surface area contributed by atoms with Crippen molar-refractivity contribution in [3.05, 3.63) is 0 Å². The maximum atomic E-state index is 9.93. The van der Waals surface area contributed by atoms with Crippen molar-refractivity contribution in [3.8, 4) is 0 Å². The third-order valence-electron chi connectivity index (χ3n) is 3.88. The molecule has 2 unspecified atom stereocenters. The van der Waals surface area contributed by atoms with Crippen LogP contribution in [0, 0.1) is 0 Å². The van der Waals surface area contributed by atoms with Crippen LogP contribution in [-0.2, 0) is 0 Å².